The van der Waals surface area contributed by atoms with E-state index in [0.29, 0.717) is 6.42 Å². The van der Waals surface area contributed by atoms with Crippen molar-refractivity contribution in [3.63, 3.8) is 0 Å². The summed E-state index contributed by atoms with van der Waals surface area (Å²) in [6, 6.07) is 8.05. The van der Waals surface area contributed by atoms with Crippen LogP contribution < -0.4 is 0 Å². The van der Waals surface area contributed by atoms with E-state index in [4.69, 9.17) is 0 Å². The Morgan fingerprint density at radius 3 is 2.71 bits per heavy atom. The van der Waals surface area contributed by atoms with E-state index in [9.17, 15) is 5.11 Å². The molecule has 0 radical (unpaired) electrons. The molecule has 2 nitrogen and oxygen atoms in total. The summed E-state index contributed by atoms with van der Waals surface area (Å²) in [6.45, 7) is 3.61. The Morgan fingerprint density at radius 2 is 2.07 bits per heavy atom. The lowest BCUT2D eigenvalue weighted by molar-refractivity contribution is 0.0810. The van der Waals surface area contributed by atoms with Crippen molar-refractivity contribution < 1.29 is 5.11 Å². The van der Waals surface area contributed by atoms with Crippen LogP contribution in [0.3, 0.4) is 0 Å². The molecule has 3 heteroatoms. The number of para-hydroxylation sites is 1. The molecule has 1 N–H and O–H groups in total. The summed E-state index contributed by atoms with van der Waals surface area (Å²) in [5, 5.41) is 10.7. The molecular weight excluding hydrogens is 194 g/mol. The average Bonchev–Trinajstić information content (AvgIpc) is 2.42. The van der Waals surface area contributed by atoms with E-state index in [1.807, 2.05) is 18.2 Å². The third-order valence-corrected chi connectivity index (χ3v) is 2.96. The molecule has 0 bridgehead atoms. The fourth-order valence-electron chi connectivity index (χ4n) is 1.37. The normalized spacial score (nSPS) is 12.2. The Morgan fingerprint density at radius 1 is 1.36 bits per heavy atom. The molecule has 0 spiro atoms. The minimum atomic E-state index is -0.673. The molecule has 2 rings (SSSR count). The molecule has 0 saturated carbocycles. The second-order valence-corrected chi connectivity index (χ2v) is 5.18. The van der Waals surface area contributed by atoms with Crippen molar-refractivity contribution in [2.75, 3.05) is 0 Å². The molecule has 0 unspecified atom stereocenters. The summed E-state index contributed by atoms with van der Waals surface area (Å²) in [5.41, 5.74) is 0.352. The van der Waals surface area contributed by atoms with Crippen LogP contribution in [0.25, 0.3) is 10.2 Å². The molecule has 0 atom stereocenters. The number of fused-ring (bicyclic) bond motifs is 1. The van der Waals surface area contributed by atoms with Crippen LogP contribution in [0.1, 0.15) is 18.9 Å². The van der Waals surface area contributed by atoms with Crippen LogP contribution in [-0.2, 0) is 6.42 Å². The maximum Gasteiger partial charge on any atom is 0.0967 e. The lowest BCUT2D eigenvalue weighted by Gasteiger charge is -2.14. The van der Waals surface area contributed by atoms with Crippen LogP contribution in [0.4, 0.5) is 0 Å². The molecule has 0 fully saturated rings. The van der Waals surface area contributed by atoms with E-state index in [-0.39, 0.29) is 0 Å². The molecule has 0 aliphatic rings. The van der Waals surface area contributed by atoms with E-state index in [1.165, 1.54) is 4.70 Å². The number of rotatable bonds is 2. The summed E-state index contributed by atoms with van der Waals surface area (Å²) in [6.07, 6.45) is 0.617. The predicted molar refractivity (Wildman–Crippen MR) is 59.6 cm³/mol. The lowest BCUT2D eigenvalue weighted by Crippen LogP contribution is -2.21. The van der Waals surface area contributed by atoms with Gasteiger partial charge >= 0.3 is 0 Å². The molecule has 0 amide bonds. The van der Waals surface area contributed by atoms with E-state index < -0.39 is 5.60 Å². The molecule has 0 aliphatic carbocycles. The van der Waals surface area contributed by atoms with Crippen molar-refractivity contribution in [2.45, 2.75) is 25.9 Å². The van der Waals surface area contributed by atoms with E-state index in [2.05, 4.69) is 11.1 Å². The first-order chi connectivity index (χ1) is 6.54. The van der Waals surface area contributed by atoms with Crippen molar-refractivity contribution in [2.24, 2.45) is 0 Å². The fourth-order valence-corrected chi connectivity index (χ4v) is 2.55. The first kappa shape index (κ1) is 9.62. The van der Waals surface area contributed by atoms with Crippen molar-refractivity contribution in [1.29, 1.82) is 0 Å². The number of hydrogen-bond acceptors (Lipinski definition) is 3. The third kappa shape index (κ3) is 2.11. The maximum absolute atomic E-state index is 9.66. The number of aliphatic hydroxyl groups is 1. The predicted octanol–water partition coefficient (Wildman–Crippen LogP) is 2.61. The van der Waals surface area contributed by atoms with Gasteiger partial charge in [0.1, 0.15) is 0 Å². The van der Waals surface area contributed by atoms with E-state index in [1.54, 1.807) is 25.2 Å². The standard InChI is InChI=1S/C11H13NOS/c1-11(2,13)7-10-12-8-5-3-4-6-9(8)14-10/h3-6,13H,7H2,1-2H3. The molecule has 2 aromatic rings. The van der Waals surface area contributed by atoms with Gasteiger partial charge in [-0.25, -0.2) is 4.98 Å². The topological polar surface area (TPSA) is 33.1 Å². The van der Waals surface area contributed by atoms with Crippen LogP contribution in [0.15, 0.2) is 24.3 Å². The molecule has 1 heterocycles. The van der Waals surface area contributed by atoms with Crippen molar-refractivity contribution in [3.8, 4) is 0 Å². The third-order valence-electron chi connectivity index (χ3n) is 1.92. The second-order valence-electron chi connectivity index (χ2n) is 4.06. The zero-order valence-electron chi connectivity index (χ0n) is 8.32. The summed E-state index contributed by atoms with van der Waals surface area (Å²) < 4.78 is 1.19. The van der Waals surface area contributed by atoms with Crippen molar-refractivity contribution >= 4 is 21.6 Å². The van der Waals surface area contributed by atoms with Gasteiger partial charge < -0.3 is 5.11 Å². The van der Waals surface area contributed by atoms with Crippen molar-refractivity contribution in [1.82, 2.24) is 4.98 Å². The number of thiazole rings is 1. The van der Waals surface area contributed by atoms with Crippen LogP contribution in [0, 0.1) is 0 Å². The average molecular weight is 207 g/mol. The lowest BCUT2D eigenvalue weighted by atomic mass is 10.1. The highest BCUT2D eigenvalue weighted by Crippen LogP contribution is 2.24. The first-order valence-electron chi connectivity index (χ1n) is 4.61. The number of hydrogen-bond donors (Lipinski definition) is 1. The summed E-state index contributed by atoms with van der Waals surface area (Å²) in [5.74, 6) is 0. The van der Waals surface area contributed by atoms with Crippen LogP contribution in [0.5, 0.6) is 0 Å². The van der Waals surface area contributed by atoms with Crippen LogP contribution in [0.2, 0.25) is 0 Å². The Kier molecular flexibility index (Phi) is 2.29. The zero-order chi connectivity index (χ0) is 10.2. The highest BCUT2D eigenvalue weighted by atomic mass is 32.1. The Bertz CT molecular complexity index is 409. The largest absolute Gasteiger partial charge is 0.390 e. The molecule has 14 heavy (non-hydrogen) atoms. The monoisotopic (exact) mass is 207 g/mol. The van der Waals surface area contributed by atoms with Gasteiger partial charge in [0.05, 0.1) is 20.8 Å². The Balaban J connectivity index is 2.36. The Labute approximate surface area is 87.2 Å². The maximum atomic E-state index is 9.66. The highest BCUT2D eigenvalue weighted by Gasteiger charge is 2.16. The SMILES string of the molecule is CC(C)(O)Cc1nc2ccccc2s1. The van der Waals surface area contributed by atoms with Crippen LogP contribution in [-0.4, -0.2) is 15.7 Å². The van der Waals surface area contributed by atoms with Gasteiger partial charge in [0, 0.05) is 6.42 Å². The Hall–Kier alpha value is -0.930. The molecular formula is C11H13NOS. The smallest absolute Gasteiger partial charge is 0.0967 e. The fraction of sp³-hybridized carbons (Fsp3) is 0.364. The summed E-state index contributed by atoms with van der Waals surface area (Å²) in [7, 11) is 0. The number of benzene rings is 1. The number of nitrogens with zero attached hydrogens (tertiary/aromatic N) is 1. The van der Waals surface area contributed by atoms with Gasteiger partial charge in [0.25, 0.3) is 0 Å². The van der Waals surface area contributed by atoms with Gasteiger partial charge in [-0.15, -0.1) is 11.3 Å². The number of aromatic nitrogens is 1. The van der Waals surface area contributed by atoms with E-state index >= 15 is 0 Å². The van der Waals surface area contributed by atoms with Gasteiger partial charge in [0.2, 0.25) is 0 Å². The van der Waals surface area contributed by atoms with Gasteiger partial charge in [-0.05, 0) is 26.0 Å². The van der Waals surface area contributed by atoms with Crippen molar-refractivity contribution in [3.05, 3.63) is 29.3 Å². The molecule has 1 aromatic heterocycles. The van der Waals surface area contributed by atoms with Gasteiger partial charge in [-0.2, -0.15) is 0 Å². The molecule has 0 aliphatic heterocycles. The highest BCUT2D eigenvalue weighted by molar-refractivity contribution is 7.18. The minimum absolute atomic E-state index is 0.617. The molecule has 74 valence electrons. The second kappa shape index (κ2) is 3.33. The van der Waals surface area contributed by atoms with Gasteiger partial charge in [-0.1, -0.05) is 12.1 Å². The first-order valence-corrected chi connectivity index (χ1v) is 5.43. The summed E-state index contributed by atoms with van der Waals surface area (Å²) in [4.78, 5) is 4.46. The minimum Gasteiger partial charge on any atom is -0.390 e. The van der Waals surface area contributed by atoms with Gasteiger partial charge in [-0.3, -0.25) is 0 Å². The van der Waals surface area contributed by atoms with E-state index in [0.717, 1.165) is 10.5 Å². The molecule has 1 aromatic carbocycles. The summed E-state index contributed by atoms with van der Waals surface area (Å²) >= 11 is 1.65. The van der Waals surface area contributed by atoms with Gasteiger partial charge in [0.15, 0.2) is 0 Å². The zero-order valence-corrected chi connectivity index (χ0v) is 9.14. The quantitative estimate of drug-likeness (QED) is 0.821. The molecule has 0 saturated heterocycles. The van der Waals surface area contributed by atoms with Crippen LogP contribution >= 0.6 is 11.3 Å².